The lowest BCUT2D eigenvalue weighted by Gasteiger charge is -2.22. The molecule has 172 valence electrons. The predicted molar refractivity (Wildman–Crippen MR) is 127 cm³/mol. The molecule has 2 bridgehead atoms. The molecule has 0 spiro atoms. The number of carbonyl (C=O) groups is 1. The largest absolute Gasteiger partial charge is 0.493 e. The minimum absolute atomic E-state index is 0.00549. The van der Waals surface area contributed by atoms with E-state index in [1.54, 1.807) is 0 Å². The van der Waals surface area contributed by atoms with Crippen molar-refractivity contribution in [3.05, 3.63) is 64.7 Å². The molecule has 0 atom stereocenters. The molecule has 2 aromatic carbocycles. The number of nitrogens with zero attached hydrogens (tertiary/aromatic N) is 1. The zero-order chi connectivity index (χ0) is 22.2. The molecule has 2 aliphatic rings. The second-order valence-corrected chi connectivity index (χ2v) is 9.23. The van der Waals surface area contributed by atoms with Crippen molar-refractivity contribution >= 4 is 5.91 Å². The third-order valence-electron chi connectivity index (χ3n) is 6.50. The maximum Gasteiger partial charge on any atom is 0.251 e. The van der Waals surface area contributed by atoms with E-state index in [4.69, 9.17) is 9.47 Å². The molecule has 0 saturated carbocycles. The number of ether oxygens (including phenoxy) is 2. The monoisotopic (exact) mass is 436 g/mol. The smallest absolute Gasteiger partial charge is 0.251 e. The van der Waals surface area contributed by atoms with Gasteiger partial charge in [-0.1, -0.05) is 24.3 Å². The van der Waals surface area contributed by atoms with Crippen molar-refractivity contribution in [2.75, 3.05) is 40.0 Å². The lowest BCUT2D eigenvalue weighted by molar-refractivity contribution is 0.0642. The summed E-state index contributed by atoms with van der Waals surface area (Å²) in [4.78, 5) is 15.2. The standard InChI is InChI=1S/C27H36N2O3/c1-29-12-3-2-4-13-32-26-9-8-24(27(30)28-19-21-10-14-31-15-11-21)18-25(26)17-22-6-5-7-23(16-22)20-29/h5-9,16,18,21H,2-4,10-15,17,19-20H2,1H3,(H,28,30). The lowest BCUT2D eigenvalue weighted by Crippen LogP contribution is -2.32. The third kappa shape index (κ3) is 6.57. The summed E-state index contributed by atoms with van der Waals surface area (Å²) in [5.74, 6) is 1.40. The van der Waals surface area contributed by atoms with Crippen molar-refractivity contribution in [1.82, 2.24) is 10.2 Å². The SMILES string of the molecule is CN1CCCCCOc2ccc(C(=O)NCC3CCOCC3)cc2Cc2cccc(c2)C1. The highest BCUT2D eigenvalue weighted by Crippen LogP contribution is 2.25. The summed E-state index contributed by atoms with van der Waals surface area (Å²) in [7, 11) is 2.19. The van der Waals surface area contributed by atoms with E-state index in [-0.39, 0.29) is 5.91 Å². The molecule has 2 heterocycles. The zero-order valence-electron chi connectivity index (χ0n) is 19.3. The molecule has 4 rings (SSSR count). The van der Waals surface area contributed by atoms with Gasteiger partial charge in [-0.25, -0.2) is 0 Å². The van der Waals surface area contributed by atoms with Gasteiger partial charge in [0.15, 0.2) is 0 Å². The molecule has 1 N–H and O–H groups in total. The van der Waals surface area contributed by atoms with Crippen LogP contribution in [0.15, 0.2) is 42.5 Å². The van der Waals surface area contributed by atoms with Crippen LogP contribution in [0, 0.1) is 5.92 Å². The van der Waals surface area contributed by atoms with Crippen molar-refractivity contribution in [3.8, 4) is 5.75 Å². The normalized spacial score (nSPS) is 18.8. The first-order valence-corrected chi connectivity index (χ1v) is 12.1. The van der Waals surface area contributed by atoms with Crippen LogP contribution in [0.4, 0.5) is 0 Å². The van der Waals surface area contributed by atoms with Gasteiger partial charge in [0.1, 0.15) is 5.75 Å². The van der Waals surface area contributed by atoms with Gasteiger partial charge in [-0.3, -0.25) is 4.79 Å². The summed E-state index contributed by atoms with van der Waals surface area (Å²) < 4.78 is 11.6. The van der Waals surface area contributed by atoms with Gasteiger partial charge in [-0.05, 0) is 86.5 Å². The van der Waals surface area contributed by atoms with Crippen molar-refractivity contribution < 1.29 is 14.3 Å². The number of amides is 1. The van der Waals surface area contributed by atoms with E-state index in [0.717, 1.165) is 69.7 Å². The lowest BCUT2D eigenvalue weighted by atomic mass is 9.98. The van der Waals surface area contributed by atoms with Crippen LogP contribution in [0.5, 0.6) is 5.75 Å². The molecule has 1 amide bonds. The van der Waals surface area contributed by atoms with E-state index in [9.17, 15) is 4.79 Å². The number of hydrogen-bond acceptors (Lipinski definition) is 4. The fraction of sp³-hybridized carbons (Fsp3) is 0.519. The Hall–Kier alpha value is -2.37. The molecule has 0 unspecified atom stereocenters. The van der Waals surface area contributed by atoms with E-state index in [1.165, 1.54) is 17.5 Å². The summed E-state index contributed by atoms with van der Waals surface area (Å²) >= 11 is 0. The highest BCUT2D eigenvalue weighted by molar-refractivity contribution is 5.94. The number of fused-ring (bicyclic) bond motifs is 3. The molecule has 5 nitrogen and oxygen atoms in total. The minimum atomic E-state index is -0.00549. The Morgan fingerprint density at radius 2 is 1.88 bits per heavy atom. The average molecular weight is 437 g/mol. The van der Waals surface area contributed by atoms with Gasteiger partial charge in [-0.15, -0.1) is 0 Å². The summed E-state index contributed by atoms with van der Waals surface area (Å²) in [6.07, 6.45) is 6.18. The van der Waals surface area contributed by atoms with Gasteiger partial charge in [0.05, 0.1) is 6.61 Å². The Labute approximate surface area is 192 Å². The number of rotatable bonds is 3. The van der Waals surface area contributed by atoms with Crippen LogP contribution in [0.3, 0.4) is 0 Å². The quantitative estimate of drug-likeness (QED) is 0.773. The topological polar surface area (TPSA) is 50.8 Å². The highest BCUT2D eigenvalue weighted by atomic mass is 16.5. The number of benzene rings is 2. The molecule has 1 fully saturated rings. The zero-order valence-corrected chi connectivity index (χ0v) is 19.3. The van der Waals surface area contributed by atoms with Crippen molar-refractivity contribution in [2.24, 2.45) is 5.92 Å². The second kappa shape index (κ2) is 11.5. The molecule has 0 aromatic heterocycles. The fourth-order valence-electron chi connectivity index (χ4n) is 4.58. The maximum absolute atomic E-state index is 12.9. The van der Waals surface area contributed by atoms with Gasteiger partial charge >= 0.3 is 0 Å². The summed E-state index contributed by atoms with van der Waals surface area (Å²) in [6, 6.07) is 14.7. The highest BCUT2D eigenvalue weighted by Gasteiger charge is 2.17. The Morgan fingerprint density at radius 1 is 1.03 bits per heavy atom. The Morgan fingerprint density at radius 3 is 2.75 bits per heavy atom. The van der Waals surface area contributed by atoms with Crippen LogP contribution < -0.4 is 10.1 Å². The molecular formula is C27H36N2O3. The van der Waals surface area contributed by atoms with Crippen molar-refractivity contribution in [2.45, 2.75) is 45.1 Å². The van der Waals surface area contributed by atoms with Crippen LogP contribution in [0.25, 0.3) is 0 Å². The van der Waals surface area contributed by atoms with Crippen LogP contribution in [0.1, 0.15) is 59.2 Å². The molecular weight excluding hydrogens is 400 g/mol. The molecule has 32 heavy (non-hydrogen) atoms. The van der Waals surface area contributed by atoms with E-state index in [0.29, 0.717) is 24.6 Å². The minimum Gasteiger partial charge on any atom is -0.493 e. The van der Waals surface area contributed by atoms with Crippen molar-refractivity contribution in [1.29, 1.82) is 0 Å². The van der Waals surface area contributed by atoms with Gasteiger partial charge in [-0.2, -0.15) is 0 Å². The first kappa shape index (κ1) is 22.8. The molecule has 2 aromatic rings. The van der Waals surface area contributed by atoms with Gasteiger partial charge in [0, 0.05) is 38.3 Å². The average Bonchev–Trinajstić information content (AvgIpc) is 2.81. The van der Waals surface area contributed by atoms with Crippen LogP contribution in [0.2, 0.25) is 0 Å². The number of carbonyl (C=O) groups excluding carboxylic acids is 1. The first-order chi connectivity index (χ1) is 15.7. The Bertz CT molecular complexity index is 892. The van der Waals surface area contributed by atoms with E-state index < -0.39 is 0 Å². The maximum atomic E-state index is 12.9. The molecule has 0 radical (unpaired) electrons. The molecule has 0 aliphatic carbocycles. The Kier molecular flexibility index (Phi) is 8.18. The predicted octanol–water partition coefficient (Wildman–Crippen LogP) is 4.43. The van der Waals surface area contributed by atoms with E-state index in [1.807, 2.05) is 18.2 Å². The van der Waals surface area contributed by atoms with Gasteiger partial charge in [0.2, 0.25) is 0 Å². The van der Waals surface area contributed by atoms with Crippen LogP contribution in [-0.2, 0) is 17.7 Å². The van der Waals surface area contributed by atoms with Crippen molar-refractivity contribution in [3.63, 3.8) is 0 Å². The van der Waals surface area contributed by atoms with E-state index in [2.05, 4.69) is 41.5 Å². The number of hydrogen-bond donors (Lipinski definition) is 1. The van der Waals surface area contributed by atoms with Crippen LogP contribution >= 0.6 is 0 Å². The second-order valence-electron chi connectivity index (χ2n) is 9.23. The first-order valence-electron chi connectivity index (χ1n) is 12.1. The molecule has 5 heteroatoms. The summed E-state index contributed by atoms with van der Waals surface area (Å²) in [5, 5.41) is 3.13. The van der Waals surface area contributed by atoms with Gasteiger partial charge < -0.3 is 19.7 Å². The van der Waals surface area contributed by atoms with E-state index >= 15 is 0 Å². The summed E-state index contributed by atoms with van der Waals surface area (Å²) in [5.41, 5.74) is 4.36. The molecule has 1 saturated heterocycles. The number of nitrogens with one attached hydrogen (secondary N) is 1. The fourth-order valence-corrected chi connectivity index (χ4v) is 4.58. The van der Waals surface area contributed by atoms with Crippen LogP contribution in [-0.4, -0.2) is 50.8 Å². The van der Waals surface area contributed by atoms with Gasteiger partial charge in [0.25, 0.3) is 5.91 Å². The summed E-state index contributed by atoms with van der Waals surface area (Å²) in [6.45, 7) is 5.09. The molecule has 2 aliphatic heterocycles. The Balaban J connectivity index is 1.51. The third-order valence-corrected chi connectivity index (χ3v) is 6.50.